The van der Waals surface area contributed by atoms with E-state index in [1.165, 1.54) is 27.3 Å². The molecule has 0 radical (unpaired) electrons. The summed E-state index contributed by atoms with van der Waals surface area (Å²) in [4.78, 5) is 12.8. The van der Waals surface area contributed by atoms with Crippen LogP contribution in [0.5, 0.6) is 0 Å². The summed E-state index contributed by atoms with van der Waals surface area (Å²) in [6, 6.07) is 24.9. The maximum atomic E-state index is 12.8. The van der Waals surface area contributed by atoms with E-state index in [1.807, 2.05) is 38.1 Å². The summed E-state index contributed by atoms with van der Waals surface area (Å²) in [5.41, 5.74) is 3.36. The lowest BCUT2D eigenvalue weighted by molar-refractivity contribution is -0.00307. The fourth-order valence-corrected chi connectivity index (χ4v) is 4.09. The number of esters is 1. The first kappa shape index (κ1) is 21.1. The Hall–Kier alpha value is -3.13. The molecule has 0 aliphatic carbocycles. The summed E-state index contributed by atoms with van der Waals surface area (Å²) < 4.78 is 5.95. The van der Waals surface area contributed by atoms with Crippen molar-refractivity contribution in [2.24, 2.45) is 0 Å². The minimum absolute atomic E-state index is 0.296. The van der Waals surface area contributed by atoms with Crippen LogP contribution in [-0.2, 0) is 10.3 Å². The molecule has 0 amide bonds. The van der Waals surface area contributed by atoms with Gasteiger partial charge in [-0.2, -0.15) is 0 Å². The Bertz CT molecular complexity index is 1250. The van der Waals surface area contributed by atoms with Gasteiger partial charge in [0.15, 0.2) is 0 Å². The molecule has 0 saturated carbocycles. The van der Waals surface area contributed by atoms with Crippen LogP contribution < -0.4 is 0 Å². The standard InChI is InChI=1S/C29H30O2/c1-6-19(2)21-10-12-22(13-11-21)28(30)31-29(4,5)26-15-14-23-18-27-20(3)8-7-9-24(27)16-25(23)17-26/h7-19H,6H2,1-5H3. The molecule has 0 spiro atoms. The first-order valence-electron chi connectivity index (χ1n) is 11.1. The van der Waals surface area contributed by atoms with E-state index in [9.17, 15) is 4.79 Å². The number of carbonyl (C=O) groups is 1. The first-order valence-corrected chi connectivity index (χ1v) is 11.1. The van der Waals surface area contributed by atoms with E-state index in [0.717, 1.165) is 17.4 Å². The molecule has 0 bridgehead atoms. The van der Waals surface area contributed by atoms with Crippen LogP contribution in [0.3, 0.4) is 0 Å². The second kappa shape index (κ2) is 8.19. The average Bonchev–Trinajstić information content (AvgIpc) is 2.77. The predicted octanol–water partition coefficient (Wildman–Crippen LogP) is 7.91. The third-order valence-electron chi connectivity index (χ3n) is 6.43. The number of hydrogen-bond donors (Lipinski definition) is 0. The molecule has 0 N–H and O–H groups in total. The number of fused-ring (bicyclic) bond motifs is 2. The van der Waals surface area contributed by atoms with Gasteiger partial charge >= 0.3 is 5.97 Å². The molecular formula is C29H30O2. The fraction of sp³-hybridized carbons (Fsp3) is 0.276. The third kappa shape index (κ3) is 4.20. The zero-order chi connectivity index (χ0) is 22.2. The highest BCUT2D eigenvalue weighted by Crippen LogP contribution is 2.32. The van der Waals surface area contributed by atoms with E-state index in [-0.39, 0.29) is 5.97 Å². The van der Waals surface area contributed by atoms with Crippen LogP contribution in [-0.4, -0.2) is 5.97 Å². The van der Waals surface area contributed by atoms with Crippen LogP contribution in [0.15, 0.2) is 72.8 Å². The maximum absolute atomic E-state index is 12.8. The molecule has 4 rings (SSSR count). The third-order valence-corrected chi connectivity index (χ3v) is 6.43. The van der Waals surface area contributed by atoms with Crippen molar-refractivity contribution in [1.29, 1.82) is 0 Å². The minimum atomic E-state index is -0.734. The molecule has 2 nitrogen and oxygen atoms in total. The molecule has 0 aliphatic heterocycles. The van der Waals surface area contributed by atoms with Crippen molar-refractivity contribution < 1.29 is 9.53 Å². The number of carbonyl (C=O) groups excluding carboxylic acids is 1. The quantitative estimate of drug-likeness (QED) is 0.247. The van der Waals surface area contributed by atoms with Gasteiger partial charge in [0.2, 0.25) is 0 Å². The van der Waals surface area contributed by atoms with Crippen LogP contribution >= 0.6 is 0 Å². The van der Waals surface area contributed by atoms with Crippen LogP contribution in [0.1, 0.15) is 67.1 Å². The highest BCUT2D eigenvalue weighted by atomic mass is 16.6. The van der Waals surface area contributed by atoms with Crippen molar-refractivity contribution in [2.75, 3.05) is 0 Å². The summed E-state index contributed by atoms with van der Waals surface area (Å²) in [5.74, 6) is 0.189. The van der Waals surface area contributed by atoms with Gasteiger partial charge in [-0.25, -0.2) is 4.79 Å². The molecule has 0 aliphatic rings. The van der Waals surface area contributed by atoms with Gasteiger partial charge in [-0.1, -0.05) is 56.3 Å². The molecule has 4 aromatic rings. The van der Waals surface area contributed by atoms with Crippen molar-refractivity contribution in [1.82, 2.24) is 0 Å². The Morgan fingerprint density at radius 3 is 2.35 bits per heavy atom. The van der Waals surface area contributed by atoms with Crippen LogP contribution in [0.4, 0.5) is 0 Å². The second-order valence-corrected chi connectivity index (χ2v) is 9.04. The van der Waals surface area contributed by atoms with E-state index in [4.69, 9.17) is 4.74 Å². The van der Waals surface area contributed by atoms with E-state index >= 15 is 0 Å². The highest BCUT2D eigenvalue weighted by Gasteiger charge is 2.26. The lowest BCUT2D eigenvalue weighted by Gasteiger charge is -2.26. The molecule has 0 fully saturated rings. The summed E-state index contributed by atoms with van der Waals surface area (Å²) >= 11 is 0. The largest absolute Gasteiger partial charge is 0.451 e. The normalized spacial score (nSPS) is 12.8. The van der Waals surface area contributed by atoms with Crippen LogP contribution in [0.2, 0.25) is 0 Å². The molecule has 0 aromatic heterocycles. The summed E-state index contributed by atoms with van der Waals surface area (Å²) in [7, 11) is 0. The van der Waals surface area contributed by atoms with Gasteiger partial charge in [0.25, 0.3) is 0 Å². The monoisotopic (exact) mass is 410 g/mol. The second-order valence-electron chi connectivity index (χ2n) is 9.04. The smallest absolute Gasteiger partial charge is 0.338 e. The average molecular weight is 411 g/mol. The van der Waals surface area contributed by atoms with Crippen molar-refractivity contribution in [3.8, 4) is 0 Å². The zero-order valence-corrected chi connectivity index (χ0v) is 19.0. The van der Waals surface area contributed by atoms with E-state index in [1.54, 1.807) is 0 Å². The first-order chi connectivity index (χ1) is 14.8. The molecule has 1 unspecified atom stereocenters. The van der Waals surface area contributed by atoms with Crippen LogP contribution in [0, 0.1) is 6.92 Å². The SMILES string of the molecule is CCC(C)c1ccc(C(=O)OC(C)(C)c2ccc3cc4c(C)cccc4cc3c2)cc1. The summed E-state index contributed by atoms with van der Waals surface area (Å²) in [6.45, 7) is 10.4. The van der Waals surface area contributed by atoms with E-state index in [2.05, 4.69) is 69.3 Å². The molecule has 0 saturated heterocycles. The molecular weight excluding hydrogens is 380 g/mol. The molecule has 4 aromatic carbocycles. The molecule has 1 atom stereocenters. The number of ether oxygens (including phenoxy) is 1. The Labute approximate surface area is 184 Å². The van der Waals surface area contributed by atoms with Gasteiger partial charge in [-0.15, -0.1) is 0 Å². The summed E-state index contributed by atoms with van der Waals surface area (Å²) in [6.07, 6.45) is 1.08. The highest BCUT2D eigenvalue weighted by molar-refractivity contribution is 5.99. The van der Waals surface area contributed by atoms with Crippen LogP contribution in [0.25, 0.3) is 21.5 Å². The van der Waals surface area contributed by atoms with Crippen molar-refractivity contribution >= 4 is 27.5 Å². The van der Waals surface area contributed by atoms with E-state index in [0.29, 0.717) is 11.5 Å². The fourth-order valence-electron chi connectivity index (χ4n) is 4.09. The molecule has 0 heterocycles. The minimum Gasteiger partial charge on any atom is -0.451 e. The molecule has 31 heavy (non-hydrogen) atoms. The molecule has 158 valence electrons. The Morgan fingerprint density at radius 1 is 0.903 bits per heavy atom. The van der Waals surface area contributed by atoms with Gasteiger partial charge in [0.1, 0.15) is 5.60 Å². The maximum Gasteiger partial charge on any atom is 0.338 e. The topological polar surface area (TPSA) is 26.3 Å². The number of rotatable bonds is 5. The Kier molecular flexibility index (Phi) is 5.58. The van der Waals surface area contributed by atoms with Crippen molar-refractivity contribution in [3.05, 3.63) is 95.1 Å². The number of aryl methyl sites for hydroxylation is 1. The Balaban J connectivity index is 1.61. The van der Waals surface area contributed by atoms with Crippen molar-refractivity contribution in [3.63, 3.8) is 0 Å². The summed E-state index contributed by atoms with van der Waals surface area (Å²) in [5, 5.41) is 4.83. The van der Waals surface area contributed by atoms with Gasteiger partial charge in [0.05, 0.1) is 5.56 Å². The number of benzene rings is 4. The van der Waals surface area contributed by atoms with Crippen molar-refractivity contribution in [2.45, 2.75) is 52.6 Å². The number of hydrogen-bond acceptors (Lipinski definition) is 2. The predicted molar refractivity (Wildman–Crippen MR) is 130 cm³/mol. The van der Waals surface area contributed by atoms with Gasteiger partial charge < -0.3 is 4.74 Å². The lowest BCUT2D eigenvalue weighted by Crippen LogP contribution is -2.25. The Morgan fingerprint density at radius 2 is 1.65 bits per heavy atom. The van der Waals surface area contributed by atoms with E-state index < -0.39 is 5.60 Å². The zero-order valence-electron chi connectivity index (χ0n) is 19.0. The van der Waals surface area contributed by atoms with Gasteiger partial charge in [-0.3, -0.25) is 0 Å². The molecule has 2 heteroatoms. The lowest BCUT2D eigenvalue weighted by atomic mass is 9.93. The van der Waals surface area contributed by atoms with Gasteiger partial charge in [0, 0.05) is 0 Å². The van der Waals surface area contributed by atoms with Gasteiger partial charge in [-0.05, 0) is 102 Å².